The Bertz CT molecular complexity index is 774. The van der Waals surface area contributed by atoms with E-state index in [4.69, 9.17) is 0 Å². The molecule has 30 heavy (non-hydrogen) atoms. The molecule has 1 amide bonds. The quantitative estimate of drug-likeness (QED) is 0.476. The lowest BCUT2D eigenvalue weighted by atomic mass is 9.88. The van der Waals surface area contributed by atoms with Crippen LogP contribution in [0.1, 0.15) is 60.0 Å². The Morgan fingerprint density at radius 1 is 1.00 bits per heavy atom. The van der Waals surface area contributed by atoms with Crippen LogP contribution >= 0.6 is 11.8 Å². The minimum Gasteiger partial charge on any atom is -0.348 e. The number of likely N-dealkylation sites (tertiary alicyclic amines) is 1. The zero-order valence-electron chi connectivity index (χ0n) is 16.5. The van der Waals surface area contributed by atoms with Gasteiger partial charge >= 0.3 is 12.4 Å². The third kappa shape index (κ3) is 5.07. The van der Waals surface area contributed by atoms with Crippen LogP contribution in [-0.2, 0) is 12.4 Å². The molecule has 0 radical (unpaired) electrons. The number of carbonyl (C=O) groups is 1. The number of nitrogens with one attached hydrogen (secondary N) is 1. The minimum atomic E-state index is -5.08. The van der Waals surface area contributed by atoms with Gasteiger partial charge in [0.1, 0.15) is 0 Å². The topological polar surface area (TPSA) is 32.3 Å². The Morgan fingerprint density at radius 3 is 2.20 bits per heavy atom. The lowest BCUT2D eigenvalue weighted by Gasteiger charge is -2.38. The molecular weight excluding hydrogens is 430 g/mol. The fraction of sp³-hybridized carbons (Fsp3) is 0.650. The highest BCUT2D eigenvalue weighted by Gasteiger charge is 2.42. The number of thioether (sulfide) groups is 1. The summed E-state index contributed by atoms with van der Waals surface area (Å²) in [5.74, 6) is -0.962. The predicted molar refractivity (Wildman–Crippen MR) is 103 cm³/mol. The number of rotatable bonds is 4. The molecule has 0 bridgehead atoms. The summed E-state index contributed by atoms with van der Waals surface area (Å²) in [5, 5.41) is 2.73. The van der Waals surface area contributed by atoms with Crippen LogP contribution in [0.15, 0.2) is 17.0 Å². The summed E-state index contributed by atoms with van der Waals surface area (Å²) in [5.41, 5.74) is -3.69. The van der Waals surface area contributed by atoms with Gasteiger partial charge < -0.3 is 5.32 Å². The minimum absolute atomic E-state index is 0.0352. The van der Waals surface area contributed by atoms with Crippen LogP contribution in [0.5, 0.6) is 0 Å². The molecule has 2 fully saturated rings. The monoisotopic (exact) mass is 454 g/mol. The first-order chi connectivity index (χ1) is 14.0. The number of nitrogens with zero attached hydrogens (tertiary/aromatic N) is 1. The number of halogens is 6. The Kier molecular flexibility index (Phi) is 6.96. The van der Waals surface area contributed by atoms with E-state index < -0.39 is 35.0 Å². The molecule has 0 spiro atoms. The van der Waals surface area contributed by atoms with E-state index in [2.05, 4.69) is 10.2 Å². The van der Waals surface area contributed by atoms with Gasteiger partial charge in [0.25, 0.3) is 5.91 Å². The summed E-state index contributed by atoms with van der Waals surface area (Å²) in [4.78, 5) is 14.9. The molecule has 1 saturated heterocycles. The Morgan fingerprint density at radius 2 is 1.63 bits per heavy atom. The van der Waals surface area contributed by atoms with Crippen molar-refractivity contribution in [1.82, 2.24) is 10.2 Å². The fourth-order valence-corrected chi connectivity index (χ4v) is 5.08. The first-order valence-electron chi connectivity index (χ1n) is 9.93. The highest BCUT2D eigenvalue weighted by molar-refractivity contribution is 7.98. The first kappa shape index (κ1) is 23.2. The molecule has 1 aromatic rings. The molecule has 0 aromatic heterocycles. The average Bonchev–Trinajstić information content (AvgIpc) is 3.20. The molecule has 3 rings (SSSR count). The van der Waals surface area contributed by atoms with Crippen LogP contribution in [0, 0.1) is 0 Å². The van der Waals surface area contributed by atoms with Crippen molar-refractivity contribution in [2.24, 2.45) is 0 Å². The number of amides is 1. The summed E-state index contributed by atoms with van der Waals surface area (Å²) in [6.45, 7) is 1.78. The van der Waals surface area contributed by atoms with Crippen molar-refractivity contribution >= 4 is 17.7 Å². The van der Waals surface area contributed by atoms with Gasteiger partial charge in [-0.3, -0.25) is 9.69 Å². The molecule has 1 aliphatic heterocycles. The van der Waals surface area contributed by atoms with Gasteiger partial charge in [0.2, 0.25) is 0 Å². The Hall–Kier alpha value is -1.42. The van der Waals surface area contributed by atoms with Crippen LogP contribution in [0.4, 0.5) is 26.3 Å². The molecule has 3 nitrogen and oxygen atoms in total. The fourth-order valence-electron chi connectivity index (χ4n) is 4.43. The maximum Gasteiger partial charge on any atom is 0.417 e. The molecule has 10 heteroatoms. The van der Waals surface area contributed by atoms with E-state index in [9.17, 15) is 31.1 Å². The summed E-state index contributed by atoms with van der Waals surface area (Å²) < 4.78 is 80.2. The normalized spacial score (nSPS) is 23.6. The summed E-state index contributed by atoms with van der Waals surface area (Å²) in [7, 11) is 0. The molecule has 1 heterocycles. The van der Waals surface area contributed by atoms with E-state index in [1.807, 2.05) is 0 Å². The lowest BCUT2D eigenvalue weighted by molar-refractivity contribution is -0.143. The van der Waals surface area contributed by atoms with Crippen LogP contribution in [-0.4, -0.2) is 42.2 Å². The zero-order valence-corrected chi connectivity index (χ0v) is 17.3. The van der Waals surface area contributed by atoms with E-state index in [0.717, 1.165) is 45.2 Å². The molecule has 2 aliphatic rings. The molecular formula is C20H24F6N2OS. The second-order valence-corrected chi connectivity index (χ2v) is 8.62. The van der Waals surface area contributed by atoms with Crippen molar-refractivity contribution in [1.29, 1.82) is 0 Å². The highest BCUT2D eigenvalue weighted by Crippen LogP contribution is 2.41. The third-order valence-corrected chi connectivity index (χ3v) is 6.60. The maximum absolute atomic E-state index is 13.6. The van der Waals surface area contributed by atoms with E-state index in [-0.39, 0.29) is 23.0 Å². The number of alkyl halides is 6. The second kappa shape index (κ2) is 8.98. The zero-order chi connectivity index (χ0) is 22.1. The molecule has 168 valence electrons. The van der Waals surface area contributed by atoms with Crippen molar-refractivity contribution in [3.63, 3.8) is 0 Å². The number of hydrogen-bond acceptors (Lipinski definition) is 3. The SMILES string of the molecule is CSc1cc(C(F)(F)F)cc(C(F)(F)F)c1C(=O)N[C@@H]1CCCC[C@@H]1N1CCCC1. The van der Waals surface area contributed by atoms with Crippen molar-refractivity contribution in [2.45, 2.75) is 67.9 Å². The standard InChI is InChI=1S/C20H24F6N2OS/c1-30-16-11-12(19(21,22)23)10-13(20(24,25)26)17(16)18(29)27-14-6-2-3-7-15(14)28-8-4-5-9-28/h10-11,14-15H,2-9H2,1H3,(H,27,29)/t14-,15+/m1/s1. The van der Waals surface area contributed by atoms with Gasteiger partial charge in [-0.25, -0.2) is 0 Å². The maximum atomic E-state index is 13.6. The molecule has 1 aromatic carbocycles. The summed E-state index contributed by atoms with van der Waals surface area (Å²) in [6.07, 6.45) is -3.25. The summed E-state index contributed by atoms with van der Waals surface area (Å²) >= 11 is 0.701. The molecule has 2 atom stereocenters. The number of hydrogen-bond donors (Lipinski definition) is 1. The number of benzene rings is 1. The van der Waals surface area contributed by atoms with Gasteiger partial charge in [-0.1, -0.05) is 12.8 Å². The van der Waals surface area contributed by atoms with Gasteiger partial charge in [0.05, 0.1) is 16.7 Å². The molecule has 1 saturated carbocycles. The van der Waals surface area contributed by atoms with Crippen LogP contribution in [0.2, 0.25) is 0 Å². The van der Waals surface area contributed by atoms with Crippen molar-refractivity contribution in [3.8, 4) is 0 Å². The molecule has 1 N–H and O–H groups in total. The van der Waals surface area contributed by atoms with E-state index in [1.165, 1.54) is 6.26 Å². The lowest BCUT2D eigenvalue weighted by Crippen LogP contribution is -2.52. The largest absolute Gasteiger partial charge is 0.417 e. The van der Waals surface area contributed by atoms with E-state index in [1.54, 1.807) is 0 Å². The van der Waals surface area contributed by atoms with Crippen LogP contribution in [0.25, 0.3) is 0 Å². The first-order valence-corrected chi connectivity index (χ1v) is 11.2. The highest BCUT2D eigenvalue weighted by atomic mass is 32.2. The van der Waals surface area contributed by atoms with Gasteiger partial charge in [0, 0.05) is 17.0 Å². The smallest absolute Gasteiger partial charge is 0.348 e. The van der Waals surface area contributed by atoms with E-state index >= 15 is 0 Å². The number of carbonyl (C=O) groups excluding carboxylic acids is 1. The van der Waals surface area contributed by atoms with Crippen molar-refractivity contribution < 1.29 is 31.1 Å². The average molecular weight is 454 g/mol. The van der Waals surface area contributed by atoms with Crippen molar-refractivity contribution in [3.05, 3.63) is 28.8 Å². The third-order valence-electron chi connectivity index (χ3n) is 5.84. The van der Waals surface area contributed by atoms with Crippen molar-refractivity contribution in [2.75, 3.05) is 19.3 Å². The van der Waals surface area contributed by atoms with Crippen LogP contribution in [0.3, 0.4) is 0 Å². The Balaban J connectivity index is 1.95. The van der Waals surface area contributed by atoms with Crippen LogP contribution < -0.4 is 5.32 Å². The summed E-state index contributed by atoms with van der Waals surface area (Å²) in [6, 6.07) is 0.385. The Labute approximate surface area is 175 Å². The predicted octanol–water partition coefficient (Wildman–Crippen LogP) is 5.58. The van der Waals surface area contributed by atoms with Gasteiger partial charge in [-0.05, 0) is 57.2 Å². The molecule has 1 aliphatic carbocycles. The van der Waals surface area contributed by atoms with Gasteiger partial charge in [0.15, 0.2) is 0 Å². The molecule has 0 unspecified atom stereocenters. The second-order valence-electron chi connectivity index (χ2n) is 7.77. The van der Waals surface area contributed by atoms with Gasteiger partial charge in [-0.15, -0.1) is 11.8 Å². The van der Waals surface area contributed by atoms with E-state index in [0.29, 0.717) is 24.2 Å². The van der Waals surface area contributed by atoms with Gasteiger partial charge in [-0.2, -0.15) is 26.3 Å².